The van der Waals surface area contributed by atoms with E-state index in [-0.39, 0.29) is 0 Å². The van der Waals surface area contributed by atoms with Crippen LogP contribution in [-0.2, 0) is 9.09 Å². The van der Waals surface area contributed by atoms with Crippen molar-refractivity contribution >= 4 is 12.7 Å². The first-order valence-electron chi connectivity index (χ1n) is 5.52. The molecule has 0 fully saturated rings. The van der Waals surface area contributed by atoms with Crippen molar-refractivity contribution in [1.29, 1.82) is 0 Å². The molecule has 1 atom stereocenters. The molecule has 0 aliphatic heterocycles. The highest BCUT2D eigenvalue weighted by atomic mass is 31.2. The van der Waals surface area contributed by atoms with E-state index < -0.39 is 7.37 Å². The molecule has 0 aromatic heterocycles. The average Bonchev–Trinajstić information content (AvgIpc) is 2.30. The number of hydrogen-bond acceptors (Lipinski definition) is 2. The molecule has 3 heteroatoms. The van der Waals surface area contributed by atoms with E-state index in [9.17, 15) is 4.57 Å². The van der Waals surface area contributed by atoms with Gasteiger partial charge in [-0.2, -0.15) is 0 Å². The maximum absolute atomic E-state index is 12.4. The van der Waals surface area contributed by atoms with Crippen LogP contribution >= 0.6 is 7.37 Å². The van der Waals surface area contributed by atoms with Crippen molar-refractivity contribution in [2.45, 2.75) is 26.7 Å². The molecule has 0 radical (unpaired) electrons. The molecule has 0 saturated heterocycles. The fourth-order valence-corrected chi connectivity index (χ4v) is 3.11. The van der Waals surface area contributed by atoms with Gasteiger partial charge >= 0.3 is 0 Å². The summed E-state index contributed by atoms with van der Waals surface area (Å²) in [5, 5.41) is 0.837. The zero-order chi connectivity index (χ0) is 11.1. The van der Waals surface area contributed by atoms with Crippen LogP contribution in [0, 0.1) is 0 Å². The highest BCUT2D eigenvalue weighted by Crippen LogP contribution is 2.45. The SMILES string of the molecule is CCCCOP(=O)(CC)c1ccccc1. The summed E-state index contributed by atoms with van der Waals surface area (Å²) in [7, 11) is -2.58. The number of unbranched alkanes of at least 4 members (excludes halogenated alkanes) is 1. The van der Waals surface area contributed by atoms with Gasteiger partial charge in [0.15, 0.2) is 0 Å². The zero-order valence-electron chi connectivity index (χ0n) is 9.48. The second-order valence-electron chi connectivity index (χ2n) is 3.51. The highest BCUT2D eigenvalue weighted by Gasteiger charge is 2.22. The quantitative estimate of drug-likeness (QED) is 0.548. The molecule has 1 aromatic rings. The summed E-state index contributed by atoms with van der Waals surface area (Å²) in [6.45, 7) is 4.61. The molecular weight excluding hydrogens is 207 g/mol. The minimum Gasteiger partial charge on any atom is -0.325 e. The lowest BCUT2D eigenvalue weighted by molar-refractivity contribution is 0.313. The minimum atomic E-state index is -2.58. The van der Waals surface area contributed by atoms with Crippen molar-refractivity contribution in [3.8, 4) is 0 Å². The first-order chi connectivity index (χ1) is 7.23. The van der Waals surface area contributed by atoms with Crippen molar-refractivity contribution < 1.29 is 9.09 Å². The molecule has 84 valence electrons. The summed E-state index contributed by atoms with van der Waals surface area (Å²) in [5.74, 6) is 0. The Labute approximate surface area is 92.1 Å². The summed E-state index contributed by atoms with van der Waals surface area (Å²) >= 11 is 0. The third-order valence-electron chi connectivity index (χ3n) is 2.36. The second kappa shape index (κ2) is 6.09. The van der Waals surface area contributed by atoms with Crippen molar-refractivity contribution in [2.75, 3.05) is 12.8 Å². The highest BCUT2D eigenvalue weighted by molar-refractivity contribution is 7.66. The minimum absolute atomic E-state index is 0.570. The van der Waals surface area contributed by atoms with Gasteiger partial charge in [0, 0.05) is 11.5 Å². The van der Waals surface area contributed by atoms with Crippen LogP contribution in [0.15, 0.2) is 30.3 Å². The van der Waals surface area contributed by atoms with Gasteiger partial charge in [-0.25, -0.2) is 0 Å². The largest absolute Gasteiger partial charge is 0.325 e. The second-order valence-corrected chi connectivity index (χ2v) is 6.27. The van der Waals surface area contributed by atoms with Gasteiger partial charge < -0.3 is 4.52 Å². The Morgan fingerprint density at radius 1 is 1.20 bits per heavy atom. The monoisotopic (exact) mass is 226 g/mol. The predicted molar refractivity (Wildman–Crippen MR) is 65.1 cm³/mol. The molecule has 0 heterocycles. The van der Waals surface area contributed by atoms with Gasteiger partial charge in [-0.05, 0) is 18.6 Å². The molecule has 1 unspecified atom stereocenters. The molecule has 0 aliphatic carbocycles. The van der Waals surface area contributed by atoms with E-state index in [1.807, 2.05) is 37.3 Å². The molecule has 1 rings (SSSR count). The summed E-state index contributed by atoms with van der Waals surface area (Å²) < 4.78 is 18.0. The molecule has 0 amide bonds. The third-order valence-corrected chi connectivity index (χ3v) is 4.88. The fourth-order valence-electron chi connectivity index (χ4n) is 1.36. The van der Waals surface area contributed by atoms with Crippen LogP contribution in [-0.4, -0.2) is 12.8 Å². The normalized spacial score (nSPS) is 14.8. The molecule has 1 aromatic carbocycles. The maximum Gasteiger partial charge on any atom is 0.231 e. The smallest absolute Gasteiger partial charge is 0.231 e. The Kier molecular flexibility index (Phi) is 5.07. The van der Waals surface area contributed by atoms with Crippen LogP contribution in [0.4, 0.5) is 0 Å². The van der Waals surface area contributed by atoms with Gasteiger partial charge in [0.05, 0.1) is 6.61 Å². The van der Waals surface area contributed by atoms with Crippen LogP contribution in [0.5, 0.6) is 0 Å². The van der Waals surface area contributed by atoms with Gasteiger partial charge in [-0.15, -0.1) is 0 Å². The molecule has 15 heavy (non-hydrogen) atoms. The van der Waals surface area contributed by atoms with Crippen LogP contribution in [0.2, 0.25) is 0 Å². The van der Waals surface area contributed by atoms with Gasteiger partial charge in [0.1, 0.15) is 0 Å². The molecule has 2 nitrogen and oxygen atoms in total. The van der Waals surface area contributed by atoms with Gasteiger partial charge in [-0.3, -0.25) is 4.57 Å². The summed E-state index contributed by atoms with van der Waals surface area (Å²) in [4.78, 5) is 0. The van der Waals surface area contributed by atoms with Crippen molar-refractivity contribution in [2.24, 2.45) is 0 Å². The maximum atomic E-state index is 12.4. The van der Waals surface area contributed by atoms with Crippen LogP contribution in [0.1, 0.15) is 26.7 Å². The summed E-state index contributed by atoms with van der Waals surface area (Å²) in [6.07, 6.45) is 2.61. The van der Waals surface area contributed by atoms with E-state index in [2.05, 4.69) is 6.92 Å². The van der Waals surface area contributed by atoms with Crippen molar-refractivity contribution in [3.63, 3.8) is 0 Å². The Morgan fingerprint density at radius 3 is 2.40 bits per heavy atom. The van der Waals surface area contributed by atoms with Crippen LogP contribution in [0.25, 0.3) is 0 Å². The lowest BCUT2D eigenvalue weighted by Gasteiger charge is -2.16. The Morgan fingerprint density at radius 2 is 1.87 bits per heavy atom. The first kappa shape index (κ1) is 12.5. The number of rotatable bonds is 6. The molecule has 0 spiro atoms. The predicted octanol–water partition coefficient (Wildman–Crippen LogP) is 3.43. The lowest BCUT2D eigenvalue weighted by atomic mass is 10.4. The molecule has 0 aliphatic rings. The third kappa shape index (κ3) is 3.48. The Balaban J connectivity index is 2.73. The standard InChI is InChI=1S/C12H19O2P/c1-3-5-11-14-15(13,4-2)12-9-7-6-8-10-12/h6-10H,3-5,11H2,1-2H3. The fraction of sp³-hybridized carbons (Fsp3) is 0.500. The van der Waals surface area contributed by atoms with Crippen LogP contribution in [0.3, 0.4) is 0 Å². The molecule has 0 saturated carbocycles. The Hall–Kier alpha value is -0.590. The zero-order valence-corrected chi connectivity index (χ0v) is 10.4. The average molecular weight is 226 g/mol. The van der Waals surface area contributed by atoms with E-state index in [1.54, 1.807) is 0 Å². The molecular formula is C12H19O2P. The molecule has 0 N–H and O–H groups in total. The van der Waals surface area contributed by atoms with E-state index in [4.69, 9.17) is 4.52 Å². The van der Waals surface area contributed by atoms with E-state index >= 15 is 0 Å². The Bertz CT molecular complexity index is 322. The van der Waals surface area contributed by atoms with E-state index in [0.29, 0.717) is 12.8 Å². The summed E-state index contributed by atoms with van der Waals surface area (Å²) in [5.41, 5.74) is 0. The van der Waals surface area contributed by atoms with Gasteiger partial charge in [0.25, 0.3) is 0 Å². The van der Waals surface area contributed by atoms with Gasteiger partial charge in [-0.1, -0.05) is 38.5 Å². The number of benzene rings is 1. The van der Waals surface area contributed by atoms with E-state index in [0.717, 1.165) is 18.1 Å². The lowest BCUT2D eigenvalue weighted by Crippen LogP contribution is -2.09. The van der Waals surface area contributed by atoms with Crippen molar-refractivity contribution in [3.05, 3.63) is 30.3 Å². The number of hydrogen-bond donors (Lipinski definition) is 0. The first-order valence-corrected chi connectivity index (χ1v) is 7.33. The van der Waals surface area contributed by atoms with E-state index in [1.165, 1.54) is 0 Å². The van der Waals surface area contributed by atoms with Crippen molar-refractivity contribution in [1.82, 2.24) is 0 Å². The molecule has 0 bridgehead atoms. The van der Waals surface area contributed by atoms with Gasteiger partial charge in [0.2, 0.25) is 7.37 Å². The topological polar surface area (TPSA) is 26.3 Å². The summed E-state index contributed by atoms with van der Waals surface area (Å²) in [6, 6.07) is 9.50. The van der Waals surface area contributed by atoms with Crippen LogP contribution < -0.4 is 5.30 Å².